The zero-order valence-corrected chi connectivity index (χ0v) is 21.5. The molecule has 1 aliphatic carbocycles. The summed E-state index contributed by atoms with van der Waals surface area (Å²) < 4.78 is 84.1. The molecule has 1 N–H and O–H groups in total. The number of carbonyl (C=O) groups excluding carboxylic acids is 1. The molecule has 2 aliphatic rings. The number of sulfonamides is 1. The molecule has 1 amide bonds. The summed E-state index contributed by atoms with van der Waals surface area (Å²) in [6.45, 7) is -0.489. The second-order valence-electron chi connectivity index (χ2n) is 8.47. The fourth-order valence-electron chi connectivity index (χ4n) is 3.99. The molecule has 1 aliphatic heterocycles. The molecule has 3 atom stereocenters. The van der Waals surface area contributed by atoms with Crippen molar-refractivity contribution in [3.63, 3.8) is 0 Å². The lowest BCUT2D eigenvalue weighted by atomic mass is 9.90. The summed E-state index contributed by atoms with van der Waals surface area (Å²) in [6, 6.07) is 5.29. The number of hydrogen-bond donors (Lipinski definition) is 1. The number of nitrogens with one attached hydrogen (secondary N) is 1. The minimum atomic E-state index is -3.64. The Bertz CT molecular complexity index is 1200. The van der Waals surface area contributed by atoms with E-state index in [0.29, 0.717) is 5.02 Å². The summed E-state index contributed by atoms with van der Waals surface area (Å²) >= 11 is 4.97. The van der Waals surface area contributed by atoms with Gasteiger partial charge in [-0.2, -0.15) is 0 Å². The van der Waals surface area contributed by atoms with Crippen LogP contribution in [0.3, 0.4) is 0 Å². The van der Waals surface area contributed by atoms with E-state index in [1.165, 1.54) is 29.2 Å². The molecule has 0 bridgehead atoms. The molecule has 1 aromatic rings. The van der Waals surface area contributed by atoms with Gasteiger partial charge >= 0.3 is 0 Å². The van der Waals surface area contributed by atoms with E-state index in [1.807, 2.05) is 0 Å². The molecule has 1 fully saturated rings. The maximum absolute atomic E-state index is 14.3. The van der Waals surface area contributed by atoms with Gasteiger partial charge in [-0.3, -0.25) is 4.79 Å². The molecular formula is C22H28ClF2N2O6S2+. The minimum Gasteiger partial charge on any atom is -0.368 e. The summed E-state index contributed by atoms with van der Waals surface area (Å²) in [5.74, 6) is -1.35. The average Bonchev–Trinajstić information content (AvgIpc) is 2.79. The number of ether oxygens (including phenoxy) is 1. The van der Waals surface area contributed by atoms with Crippen molar-refractivity contribution < 1.29 is 46.7 Å². The highest BCUT2D eigenvalue weighted by Gasteiger charge is 2.38. The monoisotopic (exact) mass is 553 g/mol. The lowest BCUT2D eigenvalue weighted by Gasteiger charge is -2.40. The van der Waals surface area contributed by atoms with Crippen LogP contribution in [0, 0.1) is 11.6 Å². The number of nitrogens with zero attached hydrogens (tertiary/aromatic N) is 1. The van der Waals surface area contributed by atoms with E-state index in [1.54, 1.807) is 0 Å². The van der Waals surface area contributed by atoms with E-state index < -0.39 is 56.5 Å². The number of benzene rings is 1. The zero-order chi connectivity index (χ0) is 25.8. The first kappa shape index (κ1) is 27.7. The van der Waals surface area contributed by atoms with E-state index in [2.05, 4.69) is 4.72 Å². The van der Waals surface area contributed by atoms with Gasteiger partial charge in [0.25, 0.3) is 0 Å². The molecule has 13 heteroatoms. The van der Waals surface area contributed by atoms with E-state index in [9.17, 15) is 30.4 Å². The van der Waals surface area contributed by atoms with Gasteiger partial charge in [-0.25, -0.2) is 30.3 Å². The Morgan fingerprint density at radius 1 is 1.20 bits per heavy atom. The van der Waals surface area contributed by atoms with Crippen molar-refractivity contribution in [3.8, 4) is 0 Å². The molecule has 2 unspecified atom stereocenters. The smallest absolute Gasteiger partial charge is 0.237 e. The van der Waals surface area contributed by atoms with Crippen LogP contribution < -0.4 is 4.72 Å². The fraction of sp³-hybridized carbons (Fsp3) is 0.500. The number of halogens is 3. The molecule has 194 valence electrons. The number of sulfone groups is 1. The normalized spacial score (nSPS) is 22.7. The van der Waals surface area contributed by atoms with Gasteiger partial charge < -0.3 is 9.64 Å². The van der Waals surface area contributed by atoms with Crippen molar-refractivity contribution in [2.24, 2.45) is 0 Å². The highest BCUT2D eigenvalue weighted by molar-refractivity contribution is 7.91. The molecule has 1 aromatic carbocycles. The van der Waals surface area contributed by atoms with Gasteiger partial charge in [0, 0.05) is 18.7 Å². The minimum absolute atomic E-state index is 0.0254. The maximum Gasteiger partial charge on any atom is 0.237 e. The third kappa shape index (κ3) is 7.56. The summed E-state index contributed by atoms with van der Waals surface area (Å²) in [7, 11) is -7.19. The van der Waals surface area contributed by atoms with Crippen LogP contribution in [0.5, 0.6) is 0 Å². The van der Waals surface area contributed by atoms with Gasteiger partial charge in [-0.1, -0.05) is 0 Å². The van der Waals surface area contributed by atoms with E-state index >= 15 is 0 Å². The van der Waals surface area contributed by atoms with E-state index in [-0.39, 0.29) is 48.6 Å². The van der Waals surface area contributed by atoms with Crippen molar-refractivity contribution in [1.29, 1.82) is 0 Å². The van der Waals surface area contributed by atoms with Gasteiger partial charge in [0.2, 0.25) is 21.0 Å². The number of hydrogen-bond acceptors (Lipinski definition) is 6. The Morgan fingerprint density at radius 2 is 1.89 bits per heavy atom. The van der Waals surface area contributed by atoms with Crippen LogP contribution in [0.4, 0.5) is 8.78 Å². The summed E-state index contributed by atoms with van der Waals surface area (Å²) in [4.78, 5) is 14.4. The molecule has 8 nitrogen and oxygen atoms in total. The van der Waals surface area contributed by atoms with Gasteiger partial charge in [-0.15, -0.1) is 0 Å². The molecule has 35 heavy (non-hydrogen) atoms. The number of alkyl halides is 1. The van der Waals surface area contributed by atoms with Crippen LogP contribution in [0.15, 0.2) is 52.7 Å². The number of rotatable bonds is 10. The SMILES string of the molecule is CS(=O)(=O)NCC(=O)N(CCCCS(=O)(=O)c1ccc([ClH+])cc1)[C@H]1COC2C(=C(F)C=CC2F)C1. The van der Waals surface area contributed by atoms with Gasteiger partial charge in [0.15, 0.2) is 21.4 Å². The third-order valence-corrected chi connectivity index (χ3v) is 8.54. The number of amides is 1. The van der Waals surface area contributed by atoms with Crippen molar-refractivity contribution >= 4 is 25.8 Å². The van der Waals surface area contributed by atoms with Gasteiger partial charge in [0.05, 0.1) is 36.1 Å². The summed E-state index contributed by atoms with van der Waals surface area (Å²) in [5, 5.41) is 0.525. The Labute approximate surface area is 208 Å². The summed E-state index contributed by atoms with van der Waals surface area (Å²) in [6.07, 6.45) is 1.000. The molecule has 1 heterocycles. The molecule has 0 saturated carbocycles. The van der Waals surface area contributed by atoms with Crippen LogP contribution in [0.25, 0.3) is 0 Å². The van der Waals surface area contributed by atoms with Crippen LogP contribution in [0.1, 0.15) is 19.3 Å². The van der Waals surface area contributed by atoms with Crippen LogP contribution in [-0.4, -0.2) is 77.7 Å². The van der Waals surface area contributed by atoms with Crippen LogP contribution in [0.2, 0.25) is 5.02 Å². The van der Waals surface area contributed by atoms with Crippen LogP contribution in [-0.2, 0) is 29.4 Å². The van der Waals surface area contributed by atoms with Crippen molar-refractivity contribution in [2.45, 2.75) is 42.5 Å². The van der Waals surface area contributed by atoms with Crippen molar-refractivity contribution in [1.82, 2.24) is 9.62 Å². The standard InChI is InChI=1S/C22H28ClF2N2O6S2/c1-34(29,30)26-13-21(28)27(16-12-18-19(24)8-9-20(25)22(18)33-14-16)10-2-3-11-35(31,32)17-6-4-15(23)5-7-17/h4-9,16,20,22-23,26H,2-3,10-14H2,1H3/q+1/t16-,20?,22?/m1/s1. The van der Waals surface area contributed by atoms with E-state index in [4.69, 9.17) is 16.3 Å². The highest BCUT2D eigenvalue weighted by atomic mass is 35.5. The highest BCUT2D eigenvalue weighted by Crippen LogP contribution is 2.34. The quantitative estimate of drug-likeness (QED) is 0.441. The number of fused-ring (bicyclic) bond motifs is 1. The lowest BCUT2D eigenvalue weighted by Crippen LogP contribution is -2.51. The topological polar surface area (TPSA) is 110 Å². The Kier molecular flexibility index (Phi) is 9.08. The second-order valence-corrected chi connectivity index (χ2v) is 12.9. The number of carbonyl (C=O) groups is 1. The molecule has 0 radical (unpaired) electrons. The molecular weight excluding hydrogens is 526 g/mol. The first-order valence-corrected chi connectivity index (χ1v) is 14.9. The Hall–Kier alpha value is -1.86. The predicted octanol–water partition coefficient (Wildman–Crippen LogP) is 1.60. The van der Waals surface area contributed by atoms with Crippen molar-refractivity contribution in [3.05, 3.63) is 52.8 Å². The van der Waals surface area contributed by atoms with Gasteiger partial charge in [0.1, 0.15) is 18.1 Å². The molecule has 0 spiro atoms. The fourth-order valence-corrected chi connectivity index (χ4v) is 5.88. The molecule has 1 saturated heterocycles. The summed E-state index contributed by atoms with van der Waals surface area (Å²) in [5.41, 5.74) is 0.109. The Morgan fingerprint density at radius 3 is 2.54 bits per heavy atom. The molecule has 0 aromatic heterocycles. The number of unbranched alkanes of at least 4 members (excludes halogenated alkanes) is 1. The van der Waals surface area contributed by atoms with E-state index in [0.717, 1.165) is 18.4 Å². The zero-order valence-electron chi connectivity index (χ0n) is 19.0. The first-order valence-electron chi connectivity index (χ1n) is 10.9. The average molecular weight is 554 g/mol. The van der Waals surface area contributed by atoms with Crippen molar-refractivity contribution in [2.75, 3.05) is 31.7 Å². The lowest BCUT2D eigenvalue weighted by molar-refractivity contribution is -0.288. The second kappa shape index (κ2) is 11.5. The largest absolute Gasteiger partial charge is 0.368 e. The van der Waals surface area contributed by atoms with Crippen LogP contribution >= 0.6 is 0 Å². The van der Waals surface area contributed by atoms with Gasteiger partial charge in [-0.05, 0) is 49.1 Å². The third-order valence-electron chi connectivity index (χ3n) is 5.78. The molecule has 3 rings (SSSR count). The number of allylic oxidation sites excluding steroid dienone is 2. The first-order chi connectivity index (χ1) is 16.4. The Balaban J connectivity index is 1.67. The maximum atomic E-state index is 14.3. The predicted molar refractivity (Wildman–Crippen MR) is 123 cm³/mol.